The number of anilines is 3. The number of hydrogen-bond acceptors (Lipinski definition) is 3. The van der Waals surface area contributed by atoms with E-state index in [2.05, 4.69) is 5.32 Å². The van der Waals surface area contributed by atoms with Gasteiger partial charge in [-0.15, -0.1) is 0 Å². The van der Waals surface area contributed by atoms with E-state index in [9.17, 15) is 9.59 Å². The highest BCUT2D eigenvalue weighted by atomic mass is 16.2. The maximum absolute atomic E-state index is 13.0. The second-order valence-corrected chi connectivity index (χ2v) is 6.78. The second kappa shape index (κ2) is 10.6. The third kappa shape index (κ3) is 5.82. The summed E-state index contributed by atoms with van der Waals surface area (Å²) >= 11 is 0. The molecular weight excluding hydrogens is 374 g/mol. The Hall–Kier alpha value is -3.86. The lowest BCUT2D eigenvalue weighted by atomic mass is 10.1. The van der Waals surface area contributed by atoms with Gasteiger partial charge >= 0.3 is 0 Å². The molecule has 152 valence electrons. The summed E-state index contributed by atoms with van der Waals surface area (Å²) < 4.78 is 0. The molecule has 0 saturated heterocycles. The van der Waals surface area contributed by atoms with Gasteiger partial charge in [0.25, 0.3) is 5.91 Å². The van der Waals surface area contributed by atoms with Crippen molar-refractivity contribution in [3.05, 3.63) is 103 Å². The number of nitrogens with one attached hydrogen (secondary N) is 1. The van der Waals surface area contributed by atoms with E-state index in [4.69, 9.17) is 5.73 Å². The van der Waals surface area contributed by atoms with Crippen LogP contribution in [0.15, 0.2) is 97.1 Å². The molecule has 0 bridgehead atoms. The molecule has 0 heterocycles. The van der Waals surface area contributed by atoms with E-state index in [0.29, 0.717) is 29.9 Å². The predicted molar refractivity (Wildman–Crippen MR) is 122 cm³/mol. The molecule has 0 spiro atoms. The zero-order valence-corrected chi connectivity index (χ0v) is 16.7. The summed E-state index contributed by atoms with van der Waals surface area (Å²) in [5.41, 5.74) is 8.46. The molecule has 3 N–H and O–H groups in total. The number of hydrogen-bond donors (Lipinski definition) is 2. The monoisotopic (exact) mass is 399 g/mol. The van der Waals surface area contributed by atoms with Crippen molar-refractivity contribution in [1.82, 2.24) is 0 Å². The minimum absolute atomic E-state index is 0.0388. The van der Waals surface area contributed by atoms with Crippen LogP contribution in [0.5, 0.6) is 0 Å². The van der Waals surface area contributed by atoms with Crippen LogP contribution in [0.1, 0.15) is 23.2 Å². The number of nitrogen functional groups attached to an aromatic ring is 1. The Morgan fingerprint density at radius 3 is 2.20 bits per heavy atom. The van der Waals surface area contributed by atoms with Crippen molar-refractivity contribution < 1.29 is 9.59 Å². The van der Waals surface area contributed by atoms with E-state index in [-0.39, 0.29) is 11.8 Å². The molecule has 0 aromatic heterocycles. The van der Waals surface area contributed by atoms with Crippen LogP contribution in [0, 0.1) is 0 Å². The van der Waals surface area contributed by atoms with E-state index in [0.717, 1.165) is 12.1 Å². The van der Waals surface area contributed by atoms with Gasteiger partial charge in [0.15, 0.2) is 0 Å². The average molecular weight is 399 g/mol. The van der Waals surface area contributed by atoms with Crippen LogP contribution >= 0.6 is 0 Å². The Kier molecular flexibility index (Phi) is 7.39. The molecule has 3 aromatic rings. The lowest BCUT2D eigenvalue weighted by molar-refractivity contribution is -0.111. The molecule has 5 nitrogen and oxygen atoms in total. The molecule has 0 aliphatic carbocycles. The van der Waals surface area contributed by atoms with E-state index in [1.807, 2.05) is 78.9 Å². The van der Waals surface area contributed by atoms with Gasteiger partial charge in [0.2, 0.25) is 5.91 Å². The molecular formula is C25H25N3O2. The zero-order chi connectivity index (χ0) is 21.2. The standard InChI is InChI=1S/C25H25N3O2/c26-22-16-9-10-17-23(22)27-24(29)18-8-3-11-19-28(21-14-6-2-7-15-21)25(30)20-12-4-1-5-13-20/h1-2,4-10,12-18H,3,11,19,26H2,(H,27,29). The summed E-state index contributed by atoms with van der Waals surface area (Å²) in [5.74, 6) is -0.267. The van der Waals surface area contributed by atoms with Crippen molar-refractivity contribution in [3.8, 4) is 0 Å². The van der Waals surface area contributed by atoms with Crippen molar-refractivity contribution in [1.29, 1.82) is 0 Å². The summed E-state index contributed by atoms with van der Waals surface area (Å²) in [6.45, 7) is 0.551. The summed E-state index contributed by atoms with van der Waals surface area (Å²) in [7, 11) is 0. The smallest absolute Gasteiger partial charge is 0.258 e. The SMILES string of the molecule is Nc1ccccc1NC(=O)C=CCCCN(C(=O)c1ccccc1)c1ccccc1. The maximum Gasteiger partial charge on any atom is 0.258 e. The van der Waals surface area contributed by atoms with Crippen molar-refractivity contribution in [3.63, 3.8) is 0 Å². The van der Waals surface area contributed by atoms with Gasteiger partial charge in [-0.2, -0.15) is 0 Å². The van der Waals surface area contributed by atoms with Crippen molar-refractivity contribution in [2.45, 2.75) is 12.8 Å². The van der Waals surface area contributed by atoms with E-state index in [1.165, 1.54) is 6.08 Å². The quantitative estimate of drug-likeness (QED) is 0.322. The van der Waals surface area contributed by atoms with Gasteiger partial charge in [-0.1, -0.05) is 54.6 Å². The van der Waals surface area contributed by atoms with E-state index >= 15 is 0 Å². The summed E-state index contributed by atoms with van der Waals surface area (Å²) in [4.78, 5) is 26.8. The number of carbonyl (C=O) groups excluding carboxylic acids is 2. The highest BCUT2D eigenvalue weighted by molar-refractivity contribution is 6.06. The Labute approximate surface area is 176 Å². The van der Waals surface area contributed by atoms with Gasteiger partial charge < -0.3 is 16.0 Å². The highest BCUT2D eigenvalue weighted by Gasteiger charge is 2.16. The van der Waals surface area contributed by atoms with Gasteiger partial charge in [-0.25, -0.2) is 0 Å². The highest BCUT2D eigenvalue weighted by Crippen LogP contribution is 2.18. The summed E-state index contributed by atoms with van der Waals surface area (Å²) in [5, 5.41) is 2.76. The molecule has 2 amide bonds. The number of para-hydroxylation sites is 3. The fourth-order valence-electron chi connectivity index (χ4n) is 3.04. The number of nitrogens with two attached hydrogens (primary N) is 1. The van der Waals surface area contributed by atoms with Crippen LogP contribution in [0.4, 0.5) is 17.1 Å². The number of allylic oxidation sites excluding steroid dienone is 1. The molecule has 5 heteroatoms. The Morgan fingerprint density at radius 2 is 1.50 bits per heavy atom. The second-order valence-electron chi connectivity index (χ2n) is 6.78. The predicted octanol–water partition coefficient (Wildman–Crippen LogP) is 4.89. The van der Waals surface area contributed by atoms with Crippen LogP contribution in [0.25, 0.3) is 0 Å². The average Bonchev–Trinajstić information content (AvgIpc) is 2.78. The fourth-order valence-corrected chi connectivity index (χ4v) is 3.04. The van der Waals surface area contributed by atoms with Gasteiger partial charge in [0.05, 0.1) is 11.4 Å². The topological polar surface area (TPSA) is 75.4 Å². The molecule has 0 aliphatic rings. The first-order valence-electron chi connectivity index (χ1n) is 9.89. The lowest BCUT2D eigenvalue weighted by Crippen LogP contribution is -2.31. The minimum Gasteiger partial charge on any atom is -0.397 e. The summed E-state index contributed by atoms with van der Waals surface area (Å²) in [6, 6.07) is 26.0. The Balaban J connectivity index is 1.57. The zero-order valence-electron chi connectivity index (χ0n) is 16.7. The number of amides is 2. The van der Waals surface area contributed by atoms with Crippen LogP contribution < -0.4 is 16.0 Å². The third-order valence-corrected chi connectivity index (χ3v) is 4.57. The molecule has 0 fully saturated rings. The summed E-state index contributed by atoms with van der Waals surface area (Å²) in [6.07, 6.45) is 4.71. The van der Waals surface area contributed by atoms with Crippen LogP contribution in [-0.4, -0.2) is 18.4 Å². The molecule has 0 aliphatic heterocycles. The lowest BCUT2D eigenvalue weighted by Gasteiger charge is -2.22. The van der Waals surface area contributed by atoms with Gasteiger partial charge in [-0.3, -0.25) is 9.59 Å². The van der Waals surface area contributed by atoms with Gasteiger partial charge in [0.1, 0.15) is 0 Å². The van der Waals surface area contributed by atoms with Crippen LogP contribution in [0.3, 0.4) is 0 Å². The Bertz CT molecular complexity index is 1000. The van der Waals surface area contributed by atoms with Crippen LogP contribution in [-0.2, 0) is 4.79 Å². The number of nitrogens with zero attached hydrogens (tertiary/aromatic N) is 1. The minimum atomic E-state index is -0.229. The number of rotatable bonds is 8. The van der Waals surface area contributed by atoms with Crippen molar-refractivity contribution in [2.75, 3.05) is 22.5 Å². The van der Waals surface area contributed by atoms with Crippen molar-refractivity contribution in [2.24, 2.45) is 0 Å². The van der Waals surface area contributed by atoms with Crippen LogP contribution in [0.2, 0.25) is 0 Å². The number of unbranched alkanes of at least 4 members (excludes halogenated alkanes) is 1. The number of carbonyl (C=O) groups is 2. The molecule has 0 atom stereocenters. The maximum atomic E-state index is 13.0. The molecule has 3 rings (SSSR count). The van der Waals surface area contributed by atoms with E-state index < -0.39 is 0 Å². The molecule has 0 radical (unpaired) electrons. The first-order valence-corrected chi connectivity index (χ1v) is 9.89. The fraction of sp³-hybridized carbons (Fsp3) is 0.120. The first-order chi connectivity index (χ1) is 14.6. The first kappa shape index (κ1) is 20.9. The van der Waals surface area contributed by atoms with Gasteiger partial charge in [-0.05, 0) is 55.3 Å². The Morgan fingerprint density at radius 1 is 0.867 bits per heavy atom. The molecule has 3 aromatic carbocycles. The molecule has 30 heavy (non-hydrogen) atoms. The van der Waals surface area contributed by atoms with E-state index in [1.54, 1.807) is 17.0 Å². The third-order valence-electron chi connectivity index (χ3n) is 4.57. The van der Waals surface area contributed by atoms with Gasteiger partial charge in [0, 0.05) is 17.8 Å². The van der Waals surface area contributed by atoms with Crippen molar-refractivity contribution >= 4 is 28.9 Å². The largest absolute Gasteiger partial charge is 0.397 e. The number of benzene rings is 3. The molecule has 0 unspecified atom stereocenters. The molecule has 0 saturated carbocycles. The normalized spacial score (nSPS) is 10.7.